The van der Waals surface area contributed by atoms with Gasteiger partial charge < -0.3 is 15.6 Å². The highest BCUT2D eigenvalue weighted by Crippen LogP contribution is 2.15. The van der Waals surface area contributed by atoms with Gasteiger partial charge in [0.25, 0.3) is 0 Å². The Balaban J connectivity index is 1.97. The van der Waals surface area contributed by atoms with Gasteiger partial charge in [-0.1, -0.05) is 18.2 Å². The van der Waals surface area contributed by atoms with Crippen LogP contribution < -0.4 is 5.73 Å². The van der Waals surface area contributed by atoms with E-state index in [1.54, 1.807) is 0 Å². The van der Waals surface area contributed by atoms with Crippen molar-refractivity contribution in [3.63, 3.8) is 0 Å². The molecular weight excluding hydrogens is 204 g/mol. The quantitative estimate of drug-likeness (QED) is 0.730. The minimum atomic E-state index is -0.0568. The number of nitrogens with two attached hydrogens (primary N) is 1. The molecule has 1 unspecified atom stereocenters. The molecule has 0 saturated carbocycles. The number of aliphatic hydroxyl groups is 1. The number of anilines is 1. The van der Waals surface area contributed by atoms with E-state index < -0.39 is 0 Å². The fourth-order valence-electron chi connectivity index (χ4n) is 1.95. The van der Waals surface area contributed by atoms with Gasteiger partial charge in [0.05, 0.1) is 19.3 Å². The number of aliphatic hydroxyl groups excluding tert-OH is 1. The first-order valence-electron chi connectivity index (χ1n) is 5.58. The fraction of sp³-hybridized carbons (Fsp3) is 0.500. The van der Waals surface area contributed by atoms with Crippen molar-refractivity contribution in [2.24, 2.45) is 0 Å². The third kappa shape index (κ3) is 2.72. The van der Waals surface area contributed by atoms with Crippen molar-refractivity contribution < 1.29 is 9.84 Å². The maximum Gasteiger partial charge on any atom is 0.0933 e. The summed E-state index contributed by atoms with van der Waals surface area (Å²) in [5.41, 5.74) is 7.87. The molecule has 0 aliphatic carbocycles. The van der Waals surface area contributed by atoms with Gasteiger partial charge in [-0.3, -0.25) is 4.90 Å². The van der Waals surface area contributed by atoms with E-state index in [-0.39, 0.29) is 12.7 Å². The molecule has 0 radical (unpaired) electrons. The zero-order valence-electron chi connectivity index (χ0n) is 9.30. The second kappa shape index (κ2) is 5.30. The molecule has 16 heavy (non-hydrogen) atoms. The average Bonchev–Trinajstić information content (AvgIpc) is 2.32. The van der Waals surface area contributed by atoms with Gasteiger partial charge in [0.2, 0.25) is 0 Å². The van der Waals surface area contributed by atoms with Crippen LogP contribution in [0.1, 0.15) is 5.56 Å². The lowest BCUT2D eigenvalue weighted by atomic mass is 10.1. The Morgan fingerprint density at radius 1 is 1.44 bits per heavy atom. The molecule has 4 heteroatoms. The molecule has 3 N–H and O–H groups in total. The van der Waals surface area contributed by atoms with E-state index in [1.165, 1.54) is 0 Å². The lowest BCUT2D eigenvalue weighted by Gasteiger charge is -2.32. The lowest BCUT2D eigenvalue weighted by Crippen LogP contribution is -2.43. The van der Waals surface area contributed by atoms with Gasteiger partial charge in [-0.15, -0.1) is 0 Å². The Bertz CT molecular complexity index is 344. The van der Waals surface area contributed by atoms with Crippen molar-refractivity contribution in [3.8, 4) is 0 Å². The SMILES string of the molecule is Nc1ccccc1CN1CCOC(CO)C1. The average molecular weight is 222 g/mol. The maximum atomic E-state index is 9.05. The molecule has 1 aliphatic heterocycles. The van der Waals surface area contributed by atoms with Crippen molar-refractivity contribution in [2.75, 3.05) is 32.0 Å². The van der Waals surface area contributed by atoms with E-state index in [2.05, 4.69) is 4.90 Å². The Morgan fingerprint density at radius 2 is 2.25 bits per heavy atom. The molecule has 2 rings (SSSR count). The Kier molecular flexibility index (Phi) is 3.77. The molecule has 1 aromatic rings. The standard InChI is InChI=1S/C12H18N2O2/c13-12-4-2-1-3-10(12)7-14-5-6-16-11(8-14)9-15/h1-4,11,15H,5-9,13H2. The van der Waals surface area contributed by atoms with E-state index in [4.69, 9.17) is 15.6 Å². The molecule has 1 saturated heterocycles. The van der Waals surface area contributed by atoms with E-state index in [0.29, 0.717) is 6.61 Å². The number of nitrogens with zero attached hydrogens (tertiary/aromatic N) is 1. The van der Waals surface area contributed by atoms with Gasteiger partial charge in [-0.05, 0) is 11.6 Å². The summed E-state index contributed by atoms with van der Waals surface area (Å²) >= 11 is 0. The monoisotopic (exact) mass is 222 g/mol. The van der Waals surface area contributed by atoms with Gasteiger partial charge in [-0.2, -0.15) is 0 Å². The second-order valence-electron chi connectivity index (χ2n) is 4.11. The summed E-state index contributed by atoms with van der Waals surface area (Å²) in [6.07, 6.45) is -0.0568. The van der Waals surface area contributed by atoms with Crippen molar-refractivity contribution in [2.45, 2.75) is 12.6 Å². The van der Waals surface area contributed by atoms with E-state index in [9.17, 15) is 0 Å². The summed E-state index contributed by atoms with van der Waals surface area (Å²) in [5.74, 6) is 0. The molecule has 1 fully saturated rings. The van der Waals surface area contributed by atoms with Crippen LogP contribution in [0, 0.1) is 0 Å². The number of rotatable bonds is 3. The molecule has 1 atom stereocenters. The first-order valence-corrected chi connectivity index (χ1v) is 5.58. The molecule has 0 aromatic heterocycles. The minimum Gasteiger partial charge on any atom is -0.398 e. The number of nitrogen functional groups attached to an aromatic ring is 1. The molecule has 0 spiro atoms. The van der Waals surface area contributed by atoms with E-state index in [1.807, 2.05) is 24.3 Å². The lowest BCUT2D eigenvalue weighted by molar-refractivity contribution is -0.0550. The minimum absolute atomic E-state index is 0.0568. The van der Waals surface area contributed by atoms with Crippen LogP contribution >= 0.6 is 0 Å². The van der Waals surface area contributed by atoms with Crippen molar-refractivity contribution in [3.05, 3.63) is 29.8 Å². The Hall–Kier alpha value is -1.10. The number of morpholine rings is 1. The maximum absolute atomic E-state index is 9.05. The summed E-state index contributed by atoms with van der Waals surface area (Å²) in [6, 6.07) is 7.89. The number of hydrogen-bond acceptors (Lipinski definition) is 4. The van der Waals surface area contributed by atoms with Gasteiger partial charge in [0, 0.05) is 25.3 Å². The van der Waals surface area contributed by atoms with Crippen LogP contribution in [-0.2, 0) is 11.3 Å². The summed E-state index contributed by atoms with van der Waals surface area (Å²) in [7, 11) is 0. The molecular formula is C12H18N2O2. The number of benzene rings is 1. The highest BCUT2D eigenvalue weighted by molar-refractivity contribution is 5.46. The van der Waals surface area contributed by atoms with Crippen LogP contribution in [0.15, 0.2) is 24.3 Å². The molecule has 1 aromatic carbocycles. The topological polar surface area (TPSA) is 58.7 Å². The van der Waals surface area contributed by atoms with Gasteiger partial charge in [-0.25, -0.2) is 0 Å². The number of hydrogen-bond donors (Lipinski definition) is 2. The first kappa shape index (κ1) is 11.4. The summed E-state index contributed by atoms with van der Waals surface area (Å²) in [6.45, 7) is 3.25. The van der Waals surface area contributed by atoms with Gasteiger partial charge in [0.15, 0.2) is 0 Å². The molecule has 88 valence electrons. The molecule has 0 amide bonds. The molecule has 0 bridgehead atoms. The Morgan fingerprint density at radius 3 is 3.00 bits per heavy atom. The first-order chi connectivity index (χ1) is 7.79. The van der Waals surface area contributed by atoms with Crippen molar-refractivity contribution in [1.29, 1.82) is 0 Å². The zero-order valence-corrected chi connectivity index (χ0v) is 9.30. The largest absolute Gasteiger partial charge is 0.398 e. The number of ether oxygens (including phenoxy) is 1. The molecule has 1 heterocycles. The molecule has 4 nitrogen and oxygen atoms in total. The summed E-state index contributed by atoms with van der Waals surface area (Å²) in [5, 5.41) is 9.05. The predicted molar refractivity (Wildman–Crippen MR) is 63.0 cm³/mol. The van der Waals surface area contributed by atoms with E-state index >= 15 is 0 Å². The van der Waals surface area contributed by atoms with Gasteiger partial charge >= 0.3 is 0 Å². The number of para-hydroxylation sites is 1. The van der Waals surface area contributed by atoms with Crippen LogP contribution in [0.3, 0.4) is 0 Å². The van der Waals surface area contributed by atoms with Crippen LogP contribution in [0.5, 0.6) is 0 Å². The van der Waals surface area contributed by atoms with E-state index in [0.717, 1.165) is 30.9 Å². The van der Waals surface area contributed by atoms with Crippen LogP contribution in [0.25, 0.3) is 0 Å². The van der Waals surface area contributed by atoms with Crippen LogP contribution in [0.2, 0.25) is 0 Å². The smallest absolute Gasteiger partial charge is 0.0933 e. The third-order valence-electron chi connectivity index (χ3n) is 2.88. The van der Waals surface area contributed by atoms with Crippen LogP contribution in [0.4, 0.5) is 5.69 Å². The fourth-order valence-corrected chi connectivity index (χ4v) is 1.95. The highest BCUT2D eigenvalue weighted by atomic mass is 16.5. The second-order valence-corrected chi connectivity index (χ2v) is 4.11. The third-order valence-corrected chi connectivity index (χ3v) is 2.88. The predicted octanol–water partition coefficient (Wildman–Crippen LogP) is 0.462. The van der Waals surface area contributed by atoms with Crippen molar-refractivity contribution >= 4 is 5.69 Å². The summed E-state index contributed by atoms with van der Waals surface area (Å²) in [4.78, 5) is 2.26. The van der Waals surface area contributed by atoms with Crippen molar-refractivity contribution in [1.82, 2.24) is 4.90 Å². The zero-order chi connectivity index (χ0) is 11.4. The normalized spacial score (nSPS) is 22.2. The summed E-state index contributed by atoms with van der Waals surface area (Å²) < 4.78 is 5.40. The molecule has 1 aliphatic rings. The Labute approximate surface area is 95.6 Å². The van der Waals surface area contributed by atoms with Crippen LogP contribution in [-0.4, -0.2) is 42.4 Å². The highest BCUT2D eigenvalue weighted by Gasteiger charge is 2.19. The van der Waals surface area contributed by atoms with Gasteiger partial charge in [0.1, 0.15) is 0 Å².